The van der Waals surface area contributed by atoms with Crippen molar-refractivity contribution >= 4 is 29.3 Å². The van der Waals surface area contributed by atoms with Gasteiger partial charge in [-0.05, 0) is 38.8 Å². The van der Waals surface area contributed by atoms with Gasteiger partial charge in [0.15, 0.2) is 12.4 Å². The van der Waals surface area contributed by atoms with Gasteiger partial charge in [0.25, 0.3) is 17.7 Å². The molecule has 8 nitrogen and oxygen atoms in total. The van der Waals surface area contributed by atoms with Gasteiger partial charge in [-0.2, -0.15) is 0 Å². The van der Waals surface area contributed by atoms with Gasteiger partial charge in [-0.1, -0.05) is 6.07 Å². The number of amides is 3. The molecule has 0 bridgehead atoms. The maximum absolute atomic E-state index is 13.1. The lowest BCUT2D eigenvalue weighted by Gasteiger charge is -2.26. The van der Waals surface area contributed by atoms with Gasteiger partial charge in [0, 0.05) is 25.3 Å². The van der Waals surface area contributed by atoms with Gasteiger partial charge in [-0.3, -0.25) is 28.9 Å². The van der Waals surface area contributed by atoms with E-state index in [1.807, 2.05) is 13.8 Å². The second kappa shape index (κ2) is 8.55. The first kappa shape index (κ1) is 20.7. The summed E-state index contributed by atoms with van der Waals surface area (Å²) in [4.78, 5) is 63.1. The summed E-state index contributed by atoms with van der Waals surface area (Å²) in [5, 5.41) is 2.68. The molecule has 8 heteroatoms. The third-order valence-electron chi connectivity index (χ3n) is 4.98. The molecule has 3 amide bonds. The van der Waals surface area contributed by atoms with Gasteiger partial charge in [-0.15, -0.1) is 0 Å². The predicted octanol–water partition coefficient (Wildman–Crippen LogP) is 1.66. The molecular formula is C21H24N2O6. The number of Topliss-reactive ketones (excluding diaryl/α,β-unsaturated/α-hetero) is 2. The number of rotatable bonds is 5. The van der Waals surface area contributed by atoms with E-state index in [1.54, 1.807) is 6.07 Å². The van der Waals surface area contributed by atoms with E-state index in [4.69, 9.17) is 4.74 Å². The average Bonchev–Trinajstić information content (AvgIpc) is 2.90. The van der Waals surface area contributed by atoms with Crippen molar-refractivity contribution in [1.82, 2.24) is 10.2 Å². The van der Waals surface area contributed by atoms with E-state index in [0.717, 1.165) is 4.90 Å². The van der Waals surface area contributed by atoms with Crippen molar-refractivity contribution in [3.63, 3.8) is 0 Å². The van der Waals surface area contributed by atoms with E-state index in [1.165, 1.54) is 12.1 Å². The molecule has 0 spiro atoms. The molecule has 1 aromatic rings. The molecule has 1 heterocycles. The fourth-order valence-corrected chi connectivity index (χ4v) is 3.67. The Labute approximate surface area is 168 Å². The molecule has 2 aliphatic rings. The molecular weight excluding hydrogens is 376 g/mol. The van der Waals surface area contributed by atoms with Gasteiger partial charge >= 0.3 is 0 Å². The smallest absolute Gasteiger partial charge is 0.266 e. The zero-order chi connectivity index (χ0) is 21.1. The van der Waals surface area contributed by atoms with Crippen LogP contribution in [0.1, 0.15) is 66.7 Å². The summed E-state index contributed by atoms with van der Waals surface area (Å²) in [5.74, 6) is -1.62. The van der Waals surface area contributed by atoms with Crippen LogP contribution in [-0.2, 0) is 14.4 Å². The Bertz CT molecular complexity index is 876. The number of hydrogen-bond donors (Lipinski definition) is 1. The van der Waals surface area contributed by atoms with Crippen molar-refractivity contribution in [3.8, 4) is 5.75 Å². The average molecular weight is 400 g/mol. The Hall–Kier alpha value is -3.03. The maximum atomic E-state index is 13.1. The zero-order valence-electron chi connectivity index (χ0n) is 16.5. The fourth-order valence-electron chi connectivity index (χ4n) is 3.67. The number of ether oxygens (including phenoxy) is 1. The second-order valence-electron chi connectivity index (χ2n) is 7.58. The summed E-state index contributed by atoms with van der Waals surface area (Å²) < 4.78 is 5.50. The molecule has 1 aromatic carbocycles. The van der Waals surface area contributed by atoms with Crippen LogP contribution in [0.4, 0.5) is 0 Å². The summed E-state index contributed by atoms with van der Waals surface area (Å²) in [6.45, 7) is 3.33. The summed E-state index contributed by atoms with van der Waals surface area (Å²) in [5.41, 5.74) is 0.189. The zero-order valence-corrected chi connectivity index (χ0v) is 16.5. The number of imide groups is 1. The number of nitrogens with zero attached hydrogens (tertiary/aromatic N) is 1. The van der Waals surface area contributed by atoms with Crippen molar-refractivity contribution in [1.29, 1.82) is 0 Å². The van der Waals surface area contributed by atoms with Crippen LogP contribution >= 0.6 is 0 Å². The van der Waals surface area contributed by atoms with Crippen molar-refractivity contribution in [2.45, 2.75) is 58.0 Å². The number of benzene rings is 1. The highest BCUT2D eigenvalue weighted by Gasteiger charge is 2.44. The standard InChI is InChI=1S/C21H24N2O6/c1-12(2)22-18(26)11-29-17-8-4-6-14-19(17)21(28)23(20(14)27)15-10-9-13(24)5-3-7-16(15)25/h4,6,8,12,15H,3,5,7,9-11H2,1-2H3,(H,22,26). The number of nitrogens with one attached hydrogen (secondary N) is 1. The Morgan fingerprint density at radius 3 is 2.62 bits per heavy atom. The molecule has 1 unspecified atom stereocenters. The third-order valence-corrected chi connectivity index (χ3v) is 4.98. The van der Waals surface area contributed by atoms with E-state index >= 15 is 0 Å². The Morgan fingerprint density at radius 2 is 1.90 bits per heavy atom. The van der Waals surface area contributed by atoms with E-state index in [9.17, 15) is 24.0 Å². The lowest BCUT2D eigenvalue weighted by atomic mass is 9.94. The van der Waals surface area contributed by atoms with Crippen LogP contribution in [0.5, 0.6) is 5.75 Å². The second-order valence-corrected chi connectivity index (χ2v) is 7.58. The van der Waals surface area contributed by atoms with Gasteiger partial charge in [0.2, 0.25) is 0 Å². The highest BCUT2D eigenvalue weighted by atomic mass is 16.5. The number of hydrogen-bond acceptors (Lipinski definition) is 6. The van der Waals surface area contributed by atoms with Crippen LogP contribution < -0.4 is 10.1 Å². The lowest BCUT2D eigenvalue weighted by Crippen LogP contribution is -2.45. The van der Waals surface area contributed by atoms with Gasteiger partial charge in [0.1, 0.15) is 11.5 Å². The summed E-state index contributed by atoms with van der Waals surface area (Å²) in [6, 6.07) is 3.56. The Morgan fingerprint density at radius 1 is 1.14 bits per heavy atom. The number of fused-ring (bicyclic) bond motifs is 1. The van der Waals surface area contributed by atoms with Crippen LogP contribution in [0.15, 0.2) is 18.2 Å². The molecule has 154 valence electrons. The van der Waals surface area contributed by atoms with E-state index < -0.39 is 17.9 Å². The first-order valence-corrected chi connectivity index (χ1v) is 9.77. The molecule has 1 aliphatic carbocycles. The predicted molar refractivity (Wildman–Crippen MR) is 103 cm³/mol. The number of carbonyl (C=O) groups excluding carboxylic acids is 5. The minimum atomic E-state index is -0.955. The van der Waals surface area contributed by atoms with Gasteiger partial charge < -0.3 is 10.1 Å². The van der Waals surface area contributed by atoms with Crippen molar-refractivity contribution < 1.29 is 28.7 Å². The molecule has 0 radical (unpaired) electrons. The van der Waals surface area contributed by atoms with Crippen LogP contribution in [-0.4, -0.2) is 52.9 Å². The minimum Gasteiger partial charge on any atom is -0.483 e. The summed E-state index contributed by atoms with van der Waals surface area (Å²) in [6.07, 6.45) is 1.22. The van der Waals surface area contributed by atoms with Crippen LogP contribution in [0.2, 0.25) is 0 Å². The van der Waals surface area contributed by atoms with E-state index in [2.05, 4.69) is 5.32 Å². The van der Waals surface area contributed by atoms with Gasteiger partial charge in [0.05, 0.1) is 17.2 Å². The van der Waals surface area contributed by atoms with Gasteiger partial charge in [-0.25, -0.2) is 0 Å². The highest BCUT2D eigenvalue weighted by Crippen LogP contribution is 2.34. The van der Waals surface area contributed by atoms with Crippen molar-refractivity contribution in [2.75, 3.05) is 6.61 Å². The highest BCUT2D eigenvalue weighted by molar-refractivity contribution is 6.24. The largest absolute Gasteiger partial charge is 0.483 e. The molecule has 29 heavy (non-hydrogen) atoms. The molecule has 1 N–H and O–H groups in total. The first-order chi connectivity index (χ1) is 13.8. The van der Waals surface area contributed by atoms with Crippen molar-refractivity contribution in [3.05, 3.63) is 29.3 Å². The van der Waals surface area contributed by atoms with Crippen LogP contribution in [0, 0.1) is 0 Å². The van der Waals surface area contributed by atoms with E-state index in [-0.39, 0.29) is 66.3 Å². The monoisotopic (exact) mass is 400 g/mol. The Kier molecular flexibility index (Phi) is 6.10. The molecule has 0 aromatic heterocycles. The van der Waals surface area contributed by atoms with E-state index in [0.29, 0.717) is 12.8 Å². The van der Waals surface area contributed by atoms with Crippen LogP contribution in [0.3, 0.4) is 0 Å². The quantitative estimate of drug-likeness (QED) is 0.753. The maximum Gasteiger partial charge on any atom is 0.266 e. The molecule has 1 fully saturated rings. The molecule has 1 atom stereocenters. The summed E-state index contributed by atoms with van der Waals surface area (Å²) in [7, 11) is 0. The van der Waals surface area contributed by atoms with Crippen LogP contribution in [0.25, 0.3) is 0 Å². The minimum absolute atomic E-state index is 0.0271. The summed E-state index contributed by atoms with van der Waals surface area (Å²) >= 11 is 0. The third kappa shape index (κ3) is 4.36. The Balaban J connectivity index is 1.84. The SMILES string of the molecule is CC(C)NC(=O)COc1cccc2c1C(=O)N(C1CCC(=O)CCCC1=O)C2=O. The molecule has 1 saturated carbocycles. The number of carbonyl (C=O) groups is 5. The van der Waals surface area contributed by atoms with Crippen molar-refractivity contribution in [2.24, 2.45) is 0 Å². The molecule has 0 saturated heterocycles. The fraction of sp³-hybridized carbons (Fsp3) is 0.476. The first-order valence-electron chi connectivity index (χ1n) is 9.77. The normalized spacial score (nSPS) is 19.8. The molecule has 1 aliphatic heterocycles. The lowest BCUT2D eigenvalue weighted by molar-refractivity contribution is -0.126. The molecule has 3 rings (SSSR count). The topological polar surface area (TPSA) is 110 Å². The number of ketones is 2.